The summed E-state index contributed by atoms with van der Waals surface area (Å²) in [6.45, 7) is 1.51. The second-order valence-corrected chi connectivity index (χ2v) is 3.94. The minimum Gasteiger partial charge on any atom is -0.326 e. The van der Waals surface area contributed by atoms with Crippen LogP contribution in [-0.2, 0) is 4.79 Å². The lowest BCUT2D eigenvalue weighted by Gasteiger charge is -2.05. The van der Waals surface area contributed by atoms with Gasteiger partial charge in [0.1, 0.15) is 0 Å². The highest BCUT2D eigenvalue weighted by atomic mass is 79.9. The van der Waals surface area contributed by atoms with Crippen LogP contribution in [0.3, 0.4) is 0 Å². The highest BCUT2D eigenvalue weighted by Crippen LogP contribution is 2.16. The normalized spacial score (nSPS) is 10.5. The summed E-state index contributed by atoms with van der Waals surface area (Å²) in [4.78, 5) is 11.0. The molecule has 1 amide bonds. The Balaban J connectivity index is 2.81. The zero-order valence-corrected chi connectivity index (χ0v) is 10.3. The Kier molecular flexibility index (Phi) is 5.12. The van der Waals surface area contributed by atoms with Crippen LogP contribution < -0.4 is 5.32 Å². The van der Waals surface area contributed by atoms with E-state index < -0.39 is 0 Å². The van der Waals surface area contributed by atoms with Crippen LogP contribution in [-0.4, -0.2) is 11.2 Å². The van der Waals surface area contributed by atoms with E-state index in [0.717, 1.165) is 23.0 Å². The molecular formula is C12H14BrNO. The molecule has 0 radical (unpaired) electrons. The summed E-state index contributed by atoms with van der Waals surface area (Å²) >= 11 is 3.36. The van der Waals surface area contributed by atoms with Crippen LogP contribution in [0.5, 0.6) is 0 Å². The predicted molar refractivity (Wildman–Crippen MR) is 68.2 cm³/mol. The zero-order valence-electron chi connectivity index (χ0n) is 8.66. The van der Waals surface area contributed by atoms with Crippen molar-refractivity contribution in [2.75, 3.05) is 10.6 Å². The number of amides is 1. The maximum Gasteiger partial charge on any atom is 0.221 e. The van der Waals surface area contributed by atoms with Crippen LogP contribution in [0.25, 0.3) is 6.08 Å². The summed E-state index contributed by atoms with van der Waals surface area (Å²) < 4.78 is 0. The Morgan fingerprint density at radius 1 is 1.47 bits per heavy atom. The quantitative estimate of drug-likeness (QED) is 0.832. The van der Waals surface area contributed by atoms with Crippen LogP contribution >= 0.6 is 15.9 Å². The maximum absolute atomic E-state index is 11.0. The first-order valence-electron chi connectivity index (χ1n) is 4.83. The van der Waals surface area contributed by atoms with Crippen LogP contribution in [0.2, 0.25) is 0 Å². The van der Waals surface area contributed by atoms with Crippen molar-refractivity contribution >= 4 is 33.6 Å². The van der Waals surface area contributed by atoms with Crippen LogP contribution in [0.1, 0.15) is 18.9 Å². The smallest absolute Gasteiger partial charge is 0.221 e. The largest absolute Gasteiger partial charge is 0.326 e. The molecule has 80 valence electrons. The number of anilines is 1. The van der Waals surface area contributed by atoms with Gasteiger partial charge in [0.2, 0.25) is 5.91 Å². The van der Waals surface area contributed by atoms with E-state index in [-0.39, 0.29) is 5.91 Å². The Bertz CT molecular complexity index is 360. The topological polar surface area (TPSA) is 29.1 Å². The van der Waals surface area contributed by atoms with E-state index in [1.54, 1.807) is 0 Å². The van der Waals surface area contributed by atoms with Crippen molar-refractivity contribution in [3.63, 3.8) is 0 Å². The van der Waals surface area contributed by atoms with E-state index >= 15 is 0 Å². The molecule has 1 aromatic rings. The molecule has 0 saturated carbocycles. The molecule has 1 rings (SSSR count). The van der Waals surface area contributed by atoms with Crippen molar-refractivity contribution in [2.24, 2.45) is 0 Å². The van der Waals surface area contributed by atoms with Gasteiger partial charge in [-0.15, -0.1) is 0 Å². The molecule has 0 aliphatic heterocycles. The van der Waals surface area contributed by atoms with Crippen LogP contribution in [0.4, 0.5) is 5.69 Å². The second kappa shape index (κ2) is 6.40. The first-order valence-corrected chi connectivity index (χ1v) is 5.95. The van der Waals surface area contributed by atoms with Gasteiger partial charge in [-0.3, -0.25) is 4.79 Å². The number of halogens is 1. The molecule has 0 saturated heterocycles. The number of benzene rings is 1. The highest BCUT2D eigenvalue weighted by Gasteiger charge is 1.98. The molecule has 0 spiro atoms. The van der Waals surface area contributed by atoms with E-state index in [4.69, 9.17) is 0 Å². The fraction of sp³-hybridized carbons (Fsp3) is 0.250. The summed E-state index contributed by atoms with van der Waals surface area (Å²) in [5, 5.41) is 3.75. The van der Waals surface area contributed by atoms with E-state index in [9.17, 15) is 4.79 Å². The van der Waals surface area contributed by atoms with Gasteiger partial charge in [-0.2, -0.15) is 0 Å². The van der Waals surface area contributed by atoms with Crippen molar-refractivity contribution in [1.29, 1.82) is 0 Å². The first kappa shape index (κ1) is 12.0. The number of allylic oxidation sites excluding steroid dienone is 1. The third-order valence-electron chi connectivity index (χ3n) is 1.84. The minimum absolute atomic E-state index is 0.0451. The molecule has 0 bridgehead atoms. The molecule has 2 nitrogen and oxygen atoms in total. The Morgan fingerprint density at radius 3 is 2.87 bits per heavy atom. The number of hydrogen-bond acceptors (Lipinski definition) is 1. The van der Waals surface area contributed by atoms with Gasteiger partial charge in [-0.1, -0.05) is 46.3 Å². The van der Waals surface area contributed by atoms with Gasteiger partial charge >= 0.3 is 0 Å². The molecule has 15 heavy (non-hydrogen) atoms. The van der Waals surface area contributed by atoms with Crippen molar-refractivity contribution in [3.8, 4) is 0 Å². The molecule has 0 fully saturated rings. The standard InChI is InChI=1S/C12H14BrNO/c1-10(15)14-12-8-3-2-6-11(12)7-4-5-9-13/h2-4,6-8H,5,9H2,1H3,(H,14,15). The number of carbonyl (C=O) groups excluding carboxylic acids is 1. The van der Waals surface area contributed by atoms with Gasteiger partial charge in [0.15, 0.2) is 0 Å². The number of carbonyl (C=O) groups is 1. The molecule has 0 aromatic heterocycles. The second-order valence-electron chi connectivity index (χ2n) is 3.15. The fourth-order valence-corrected chi connectivity index (χ4v) is 1.48. The first-order chi connectivity index (χ1) is 7.24. The summed E-state index contributed by atoms with van der Waals surface area (Å²) in [6.07, 6.45) is 5.08. The Morgan fingerprint density at radius 2 is 2.20 bits per heavy atom. The van der Waals surface area contributed by atoms with Crippen molar-refractivity contribution < 1.29 is 4.79 Å². The predicted octanol–water partition coefficient (Wildman–Crippen LogP) is 3.44. The number of hydrogen-bond donors (Lipinski definition) is 1. The third-order valence-corrected chi connectivity index (χ3v) is 2.30. The average molecular weight is 268 g/mol. The Labute approximate surface area is 98.5 Å². The zero-order chi connectivity index (χ0) is 11.1. The number of rotatable bonds is 4. The molecule has 0 unspecified atom stereocenters. The molecule has 0 atom stereocenters. The molecule has 0 heterocycles. The van der Waals surface area contributed by atoms with Crippen molar-refractivity contribution in [2.45, 2.75) is 13.3 Å². The minimum atomic E-state index is -0.0451. The fourth-order valence-electron chi connectivity index (χ4n) is 1.22. The van der Waals surface area contributed by atoms with Gasteiger partial charge in [-0.05, 0) is 18.1 Å². The SMILES string of the molecule is CC(=O)Nc1ccccc1C=CCCBr. The lowest BCUT2D eigenvalue weighted by molar-refractivity contribution is -0.114. The highest BCUT2D eigenvalue weighted by molar-refractivity contribution is 9.09. The maximum atomic E-state index is 11.0. The van der Waals surface area contributed by atoms with Gasteiger partial charge in [0.05, 0.1) is 0 Å². The molecule has 1 aromatic carbocycles. The van der Waals surface area contributed by atoms with Crippen LogP contribution in [0.15, 0.2) is 30.3 Å². The third kappa shape index (κ3) is 4.30. The van der Waals surface area contributed by atoms with Crippen molar-refractivity contribution in [1.82, 2.24) is 0 Å². The molecule has 3 heteroatoms. The van der Waals surface area contributed by atoms with Gasteiger partial charge in [0, 0.05) is 17.9 Å². The molecular weight excluding hydrogens is 254 g/mol. The monoisotopic (exact) mass is 267 g/mol. The van der Waals surface area contributed by atoms with E-state index in [1.807, 2.05) is 30.3 Å². The van der Waals surface area contributed by atoms with Gasteiger partial charge in [0.25, 0.3) is 0 Å². The lowest BCUT2D eigenvalue weighted by Crippen LogP contribution is -2.06. The summed E-state index contributed by atoms with van der Waals surface area (Å²) in [7, 11) is 0. The van der Waals surface area contributed by atoms with Gasteiger partial charge in [-0.25, -0.2) is 0 Å². The Hall–Kier alpha value is -1.09. The van der Waals surface area contributed by atoms with E-state index in [1.165, 1.54) is 6.92 Å². The lowest BCUT2D eigenvalue weighted by atomic mass is 10.1. The van der Waals surface area contributed by atoms with Gasteiger partial charge < -0.3 is 5.32 Å². The molecule has 1 N–H and O–H groups in total. The molecule has 0 aliphatic rings. The van der Waals surface area contributed by atoms with E-state index in [0.29, 0.717) is 0 Å². The van der Waals surface area contributed by atoms with Crippen LogP contribution in [0, 0.1) is 0 Å². The summed E-state index contributed by atoms with van der Waals surface area (Å²) in [6, 6.07) is 7.75. The van der Waals surface area contributed by atoms with E-state index in [2.05, 4.69) is 27.3 Å². The summed E-state index contributed by atoms with van der Waals surface area (Å²) in [5.74, 6) is -0.0451. The molecule has 0 aliphatic carbocycles. The number of alkyl halides is 1. The summed E-state index contributed by atoms with van der Waals surface area (Å²) in [5.41, 5.74) is 1.89. The van der Waals surface area contributed by atoms with Crippen molar-refractivity contribution in [3.05, 3.63) is 35.9 Å². The number of para-hydroxylation sites is 1. The average Bonchev–Trinajstić information content (AvgIpc) is 2.20. The number of nitrogens with one attached hydrogen (secondary N) is 1.